The van der Waals surface area contributed by atoms with E-state index in [4.69, 9.17) is 4.52 Å². The number of hydrogen-bond acceptors (Lipinski definition) is 6. The van der Waals surface area contributed by atoms with E-state index in [1.165, 1.54) is 0 Å². The number of nitrogens with one attached hydrogen (secondary N) is 2. The van der Waals surface area contributed by atoms with Crippen LogP contribution in [0.25, 0.3) is 0 Å². The zero-order chi connectivity index (χ0) is 18.3. The summed E-state index contributed by atoms with van der Waals surface area (Å²) in [5, 5.41) is 11.2. The summed E-state index contributed by atoms with van der Waals surface area (Å²) in [7, 11) is 0. The van der Waals surface area contributed by atoms with Gasteiger partial charge in [0, 0.05) is 24.9 Å². The average Bonchev–Trinajstić information content (AvgIpc) is 3.17. The summed E-state index contributed by atoms with van der Waals surface area (Å²) >= 11 is 0.943. The topological polar surface area (TPSA) is 88.2 Å². The molecule has 0 aliphatic heterocycles. The zero-order valence-electron chi connectivity index (χ0n) is 14.3. The number of hydrogen-bond donors (Lipinski definition) is 2. The molecule has 0 saturated heterocycles. The van der Waals surface area contributed by atoms with E-state index >= 15 is 0 Å². The summed E-state index contributed by atoms with van der Waals surface area (Å²) in [4.78, 5) is 11.9. The number of aromatic nitrogens is 3. The maximum Gasteiger partial charge on any atom is 0.434 e. The van der Waals surface area contributed by atoms with Gasteiger partial charge < -0.3 is 15.2 Å². The lowest BCUT2D eigenvalue weighted by molar-refractivity contribution is -0.140. The van der Waals surface area contributed by atoms with Gasteiger partial charge in [0.05, 0.1) is 6.54 Å². The second kappa shape index (κ2) is 10.6. The number of nitrogens with zero attached hydrogens (tertiary/aromatic N) is 4. The van der Waals surface area contributed by atoms with Gasteiger partial charge in [-0.1, -0.05) is 5.16 Å². The molecule has 146 valence electrons. The Morgan fingerprint density at radius 1 is 1.31 bits per heavy atom. The van der Waals surface area contributed by atoms with E-state index in [2.05, 4.69) is 30.8 Å². The Labute approximate surface area is 169 Å². The molecule has 0 saturated carbocycles. The number of aryl methyl sites for hydroxylation is 2. The molecule has 2 aromatic heterocycles. The highest BCUT2D eigenvalue weighted by Crippen LogP contribution is 2.30. The Balaban J connectivity index is 0.00000338. The van der Waals surface area contributed by atoms with Gasteiger partial charge in [0.25, 0.3) is 0 Å². The molecule has 0 fully saturated rings. The smallest absolute Gasteiger partial charge is 0.357 e. The summed E-state index contributed by atoms with van der Waals surface area (Å²) < 4.78 is 42.6. The van der Waals surface area contributed by atoms with Crippen molar-refractivity contribution in [1.82, 2.24) is 25.8 Å². The van der Waals surface area contributed by atoms with E-state index in [1.54, 1.807) is 6.92 Å². The molecule has 2 rings (SSSR count). The van der Waals surface area contributed by atoms with Crippen LogP contribution in [-0.4, -0.2) is 34.2 Å². The molecule has 0 aliphatic carbocycles. The lowest BCUT2D eigenvalue weighted by Gasteiger charge is -2.10. The van der Waals surface area contributed by atoms with Crippen molar-refractivity contribution >= 4 is 41.3 Å². The van der Waals surface area contributed by atoms with Gasteiger partial charge in [-0.25, -0.2) is 9.98 Å². The molecule has 2 heterocycles. The van der Waals surface area contributed by atoms with Crippen LogP contribution in [0.1, 0.15) is 35.8 Å². The van der Waals surface area contributed by atoms with Crippen molar-refractivity contribution in [1.29, 1.82) is 0 Å². The van der Waals surface area contributed by atoms with Crippen molar-refractivity contribution in [3.05, 3.63) is 27.8 Å². The molecule has 0 aliphatic rings. The van der Waals surface area contributed by atoms with Crippen LogP contribution in [0.2, 0.25) is 0 Å². The van der Waals surface area contributed by atoms with Gasteiger partial charge in [-0.3, -0.25) is 0 Å². The van der Waals surface area contributed by atoms with E-state index in [-0.39, 0.29) is 30.5 Å². The molecule has 2 aromatic rings. The summed E-state index contributed by atoms with van der Waals surface area (Å²) in [5.41, 5.74) is -0.879. The number of guanidine groups is 1. The van der Waals surface area contributed by atoms with Crippen molar-refractivity contribution in [2.75, 3.05) is 13.1 Å². The Bertz CT molecular complexity index is 703. The van der Waals surface area contributed by atoms with Crippen molar-refractivity contribution in [3.63, 3.8) is 0 Å². The predicted molar refractivity (Wildman–Crippen MR) is 103 cm³/mol. The number of aliphatic imine (C=N–C) groups is 1. The van der Waals surface area contributed by atoms with E-state index < -0.39 is 11.9 Å². The quantitative estimate of drug-likeness (QED) is 0.261. The van der Waals surface area contributed by atoms with Gasteiger partial charge in [-0.2, -0.15) is 18.2 Å². The Hall–Kier alpha value is -1.44. The molecule has 0 bridgehead atoms. The second-order valence-corrected chi connectivity index (χ2v) is 6.03. The van der Waals surface area contributed by atoms with Crippen LogP contribution < -0.4 is 10.6 Å². The fourth-order valence-corrected chi connectivity index (χ4v) is 2.61. The SMILES string of the molecule is CCNC(=NCc1nc(C(F)(F)F)cs1)NCCCc1nc(C)no1.I. The monoisotopic (exact) mass is 504 g/mol. The van der Waals surface area contributed by atoms with Crippen molar-refractivity contribution in [3.8, 4) is 0 Å². The molecule has 26 heavy (non-hydrogen) atoms. The average molecular weight is 504 g/mol. The van der Waals surface area contributed by atoms with Gasteiger partial charge in [-0.15, -0.1) is 35.3 Å². The number of rotatable bonds is 7. The van der Waals surface area contributed by atoms with Crippen LogP contribution in [-0.2, 0) is 19.1 Å². The maximum absolute atomic E-state index is 12.5. The lowest BCUT2D eigenvalue weighted by Crippen LogP contribution is -2.37. The molecule has 0 radical (unpaired) electrons. The Kier molecular flexibility index (Phi) is 9.25. The van der Waals surface area contributed by atoms with Crippen molar-refractivity contribution in [2.45, 2.75) is 39.4 Å². The third-order valence-corrected chi connectivity index (χ3v) is 3.82. The predicted octanol–water partition coefficient (Wildman–Crippen LogP) is 3.16. The van der Waals surface area contributed by atoms with Crippen molar-refractivity contribution < 1.29 is 17.7 Å². The van der Waals surface area contributed by atoms with E-state index in [0.717, 1.165) is 23.1 Å². The molecule has 0 atom stereocenters. The van der Waals surface area contributed by atoms with Crippen LogP contribution in [0.15, 0.2) is 14.9 Å². The summed E-state index contributed by atoms with van der Waals surface area (Å²) in [6.45, 7) is 4.99. The minimum atomic E-state index is -4.42. The molecule has 0 aromatic carbocycles. The molecule has 0 unspecified atom stereocenters. The molecule has 12 heteroatoms. The summed E-state index contributed by atoms with van der Waals surface area (Å²) in [5.74, 6) is 1.69. The first-order chi connectivity index (χ1) is 11.9. The second-order valence-electron chi connectivity index (χ2n) is 5.09. The fourth-order valence-electron chi connectivity index (χ4n) is 1.89. The molecule has 7 nitrogen and oxygen atoms in total. The first-order valence-electron chi connectivity index (χ1n) is 7.71. The molecule has 0 amide bonds. The third kappa shape index (κ3) is 7.43. The van der Waals surface area contributed by atoms with Gasteiger partial charge in [0.15, 0.2) is 17.5 Å². The highest BCUT2D eigenvalue weighted by molar-refractivity contribution is 14.0. The normalized spacial score (nSPS) is 12.0. The first-order valence-corrected chi connectivity index (χ1v) is 8.59. The van der Waals surface area contributed by atoms with Gasteiger partial charge in [0.2, 0.25) is 5.89 Å². The number of halogens is 4. The van der Waals surface area contributed by atoms with Crippen LogP contribution >= 0.6 is 35.3 Å². The minimum Gasteiger partial charge on any atom is -0.357 e. The van der Waals surface area contributed by atoms with Crippen LogP contribution in [0.4, 0.5) is 13.2 Å². The van der Waals surface area contributed by atoms with Crippen LogP contribution in [0.3, 0.4) is 0 Å². The van der Waals surface area contributed by atoms with E-state index in [1.807, 2.05) is 6.92 Å². The highest BCUT2D eigenvalue weighted by atomic mass is 127. The molecule has 0 spiro atoms. The molecular formula is C14H20F3IN6OS. The van der Waals surface area contributed by atoms with Gasteiger partial charge in [-0.05, 0) is 20.3 Å². The van der Waals surface area contributed by atoms with Gasteiger partial charge in [0.1, 0.15) is 5.01 Å². The third-order valence-electron chi connectivity index (χ3n) is 2.99. The fraction of sp³-hybridized carbons (Fsp3) is 0.571. The maximum atomic E-state index is 12.5. The van der Waals surface area contributed by atoms with E-state index in [9.17, 15) is 13.2 Å². The minimum absolute atomic E-state index is 0. The largest absolute Gasteiger partial charge is 0.434 e. The van der Waals surface area contributed by atoms with E-state index in [0.29, 0.717) is 42.2 Å². The van der Waals surface area contributed by atoms with Crippen molar-refractivity contribution in [2.24, 2.45) is 4.99 Å². The number of alkyl halides is 3. The Morgan fingerprint density at radius 2 is 2.08 bits per heavy atom. The van der Waals surface area contributed by atoms with Gasteiger partial charge >= 0.3 is 6.18 Å². The lowest BCUT2D eigenvalue weighted by atomic mass is 10.3. The van der Waals surface area contributed by atoms with Crippen LogP contribution in [0.5, 0.6) is 0 Å². The highest BCUT2D eigenvalue weighted by Gasteiger charge is 2.33. The number of thiazole rings is 1. The first kappa shape index (κ1) is 22.6. The zero-order valence-corrected chi connectivity index (χ0v) is 17.4. The molecular weight excluding hydrogens is 484 g/mol. The summed E-state index contributed by atoms with van der Waals surface area (Å²) in [6.07, 6.45) is -3.04. The standard InChI is InChI=1S/C14H19F3N6OS.HI/c1-3-18-13(19-6-4-5-11-21-9(2)23-24-11)20-7-12-22-10(8-25-12)14(15,16)17;/h8H,3-7H2,1-2H3,(H2,18,19,20);1H. The Morgan fingerprint density at radius 3 is 2.65 bits per heavy atom. The summed E-state index contributed by atoms with van der Waals surface area (Å²) in [6, 6.07) is 0. The van der Waals surface area contributed by atoms with Crippen LogP contribution in [0, 0.1) is 6.92 Å². The molecule has 2 N–H and O–H groups in total.